The number of benzene rings is 1. The molecule has 0 bridgehead atoms. The van der Waals surface area contributed by atoms with Crippen molar-refractivity contribution in [2.75, 3.05) is 14.2 Å². The number of hydrogen-bond donors (Lipinski definition) is 1. The van der Waals surface area contributed by atoms with Crippen molar-refractivity contribution in [3.8, 4) is 11.5 Å². The van der Waals surface area contributed by atoms with Gasteiger partial charge >= 0.3 is 5.97 Å². The number of ether oxygens (including phenoxy) is 2. The third-order valence-corrected chi connectivity index (χ3v) is 2.96. The van der Waals surface area contributed by atoms with Gasteiger partial charge in [-0.25, -0.2) is 9.18 Å². The normalized spacial score (nSPS) is 11.3. The van der Waals surface area contributed by atoms with E-state index in [2.05, 4.69) is 0 Å². The molecule has 19 heavy (non-hydrogen) atoms. The van der Waals surface area contributed by atoms with Crippen LogP contribution in [0, 0.1) is 12.7 Å². The lowest BCUT2D eigenvalue weighted by atomic mass is 9.83. The third-order valence-electron chi connectivity index (χ3n) is 2.96. The number of aromatic carboxylic acids is 1. The Morgan fingerprint density at radius 1 is 1.16 bits per heavy atom. The van der Waals surface area contributed by atoms with Gasteiger partial charge in [-0.2, -0.15) is 0 Å². The summed E-state index contributed by atoms with van der Waals surface area (Å²) < 4.78 is 24.6. The molecule has 0 saturated heterocycles. The van der Waals surface area contributed by atoms with Gasteiger partial charge in [-0.3, -0.25) is 0 Å². The molecule has 0 heterocycles. The van der Waals surface area contributed by atoms with Gasteiger partial charge in [0.05, 0.1) is 14.2 Å². The summed E-state index contributed by atoms with van der Waals surface area (Å²) in [7, 11) is 2.72. The number of hydrogen-bond acceptors (Lipinski definition) is 3. The van der Waals surface area contributed by atoms with Gasteiger partial charge in [-0.15, -0.1) is 0 Å². The molecule has 1 aromatic carbocycles. The highest BCUT2D eigenvalue weighted by molar-refractivity contribution is 5.94. The van der Waals surface area contributed by atoms with Crippen LogP contribution in [0.25, 0.3) is 0 Å². The van der Waals surface area contributed by atoms with Crippen LogP contribution in [0.2, 0.25) is 0 Å². The van der Waals surface area contributed by atoms with E-state index < -0.39 is 17.2 Å². The van der Waals surface area contributed by atoms with Crippen molar-refractivity contribution in [1.29, 1.82) is 0 Å². The highest BCUT2D eigenvalue weighted by Gasteiger charge is 2.33. The monoisotopic (exact) mass is 270 g/mol. The fraction of sp³-hybridized carbons (Fsp3) is 0.500. The number of methoxy groups -OCH3 is 2. The summed E-state index contributed by atoms with van der Waals surface area (Å²) in [4.78, 5) is 11.3. The SMILES string of the molecule is COc1c(F)c(C)c(C(=O)O)c(OC)c1C(C)(C)C. The van der Waals surface area contributed by atoms with Crippen LogP contribution in [0.4, 0.5) is 4.39 Å². The summed E-state index contributed by atoms with van der Waals surface area (Å²) in [5, 5.41) is 9.27. The van der Waals surface area contributed by atoms with Crippen molar-refractivity contribution < 1.29 is 23.8 Å². The maximum Gasteiger partial charge on any atom is 0.339 e. The number of rotatable bonds is 3. The van der Waals surface area contributed by atoms with Crippen molar-refractivity contribution in [1.82, 2.24) is 0 Å². The zero-order chi connectivity index (χ0) is 15.0. The molecule has 0 aliphatic rings. The first kappa shape index (κ1) is 15.3. The van der Waals surface area contributed by atoms with Gasteiger partial charge < -0.3 is 14.6 Å². The van der Waals surface area contributed by atoms with Crippen molar-refractivity contribution in [3.05, 3.63) is 22.5 Å². The van der Waals surface area contributed by atoms with Crippen LogP contribution in [0.15, 0.2) is 0 Å². The van der Waals surface area contributed by atoms with E-state index >= 15 is 0 Å². The second kappa shape index (κ2) is 5.07. The summed E-state index contributed by atoms with van der Waals surface area (Å²) in [5.74, 6) is -1.70. The second-order valence-corrected chi connectivity index (χ2v) is 5.31. The molecular formula is C14H19FO4. The van der Waals surface area contributed by atoms with Crippen LogP contribution in [-0.2, 0) is 5.41 Å². The van der Waals surface area contributed by atoms with E-state index in [0.717, 1.165) is 0 Å². The molecule has 0 fully saturated rings. The van der Waals surface area contributed by atoms with E-state index in [4.69, 9.17) is 9.47 Å². The van der Waals surface area contributed by atoms with Gasteiger partial charge in [-0.1, -0.05) is 20.8 Å². The minimum absolute atomic E-state index is 0.00852. The smallest absolute Gasteiger partial charge is 0.339 e. The molecule has 106 valence electrons. The molecule has 0 aromatic heterocycles. The molecule has 0 aliphatic heterocycles. The molecule has 1 N–H and O–H groups in total. The average molecular weight is 270 g/mol. The summed E-state index contributed by atoms with van der Waals surface area (Å²) in [6.45, 7) is 6.92. The van der Waals surface area contributed by atoms with Crippen LogP contribution in [0.1, 0.15) is 42.3 Å². The van der Waals surface area contributed by atoms with E-state index in [1.165, 1.54) is 21.1 Å². The molecule has 0 saturated carbocycles. The van der Waals surface area contributed by atoms with Gasteiger partial charge in [0.2, 0.25) is 0 Å². The molecule has 0 unspecified atom stereocenters. The largest absolute Gasteiger partial charge is 0.495 e. The summed E-state index contributed by atoms with van der Waals surface area (Å²) in [6.07, 6.45) is 0. The minimum atomic E-state index is -1.22. The summed E-state index contributed by atoms with van der Waals surface area (Å²) in [5.41, 5.74) is -0.256. The van der Waals surface area contributed by atoms with Crippen LogP contribution in [0.3, 0.4) is 0 Å². The Balaban J connectivity index is 3.92. The molecule has 0 spiro atoms. The molecule has 4 nitrogen and oxygen atoms in total. The molecule has 0 aliphatic carbocycles. The van der Waals surface area contributed by atoms with Gasteiger partial charge in [0, 0.05) is 11.1 Å². The fourth-order valence-corrected chi connectivity index (χ4v) is 2.12. The van der Waals surface area contributed by atoms with Gasteiger partial charge in [0.15, 0.2) is 11.6 Å². The number of carbonyl (C=O) groups is 1. The zero-order valence-electron chi connectivity index (χ0n) is 12.0. The first-order chi connectivity index (χ1) is 8.66. The minimum Gasteiger partial charge on any atom is -0.495 e. The molecule has 5 heteroatoms. The van der Waals surface area contributed by atoms with Gasteiger partial charge in [-0.05, 0) is 12.3 Å². The zero-order valence-corrected chi connectivity index (χ0v) is 12.0. The first-order valence-electron chi connectivity index (χ1n) is 5.84. The molecule has 0 radical (unpaired) electrons. The third kappa shape index (κ3) is 2.50. The Kier molecular flexibility index (Phi) is 4.08. The van der Waals surface area contributed by atoms with Gasteiger partial charge in [0.25, 0.3) is 0 Å². The van der Waals surface area contributed by atoms with E-state index in [1.54, 1.807) is 0 Å². The average Bonchev–Trinajstić information content (AvgIpc) is 2.29. The summed E-state index contributed by atoms with van der Waals surface area (Å²) >= 11 is 0. The van der Waals surface area contributed by atoms with Crippen molar-refractivity contribution in [2.45, 2.75) is 33.1 Å². The maximum atomic E-state index is 14.3. The Hall–Kier alpha value is -1.78. The maximum absolute atomic E-state index is 14.3. The van der Waals surface area contributed by atoms with Gasteiger partial charge in [0.1, 0.15) is 11.3 Å². The lowest BCUT2D eigenvalue weighted by Gasteiger charge is -2.27. The molecular weight excluding hydrogens is 251 g/mol. The predicted octanol–water partition coefficient (Wildman–Crippen LogP) is 3.15. The lowest BCUT2D eigenvalue weighted by molar-refractivity contribution is 0.0691. The molecule has 1 aromatic rings. The number of halogens is 1. The topological polar surface area (TPSA) is 55.8 Å². The van der Waals surface area contributed by atoms with Crippen LogP contribution >= 0.6 is 0 Å². The number of carboxylic acids is 1. The van der Waals surface area contributed by atoms with Crippen LogP contribution in [-0.4, -0.2) is 25.3 Å². The molecule has 0 amide bonds. The first-order valence-corrected chi connectivity index (χ1v) is 5.84. The standard InChI is InChI=1S/C14H19FO4/c1-7-8(13(16)17)11(18-5)9(14(2,3)4)12(19-6)10(7)15/h1-6H3,(H,16,17). The van der Waals surface area contributed by atoms with Crippen LogP contribution < -0.4 is 9.47 Å². The highest BCUT2D eigenvalue weighted by Crippen LogP contribution is 2.44. The fourth-order valence-electron chi connectivity index (χ4n) is 2.12. The van der Waals surface area contributed by atoms with Crippen LogP contribution in [0.5, 0.6) is 11.5 Å². The van der Waals surface area contributed by atoms with Crippen molar-refractivity contribution >= 4 is 5.97 Å². The number of carboxylic acid groups (broad SMARTS) is 1. The Morgan fingerprint density at radius 2 is 1.63 bits per heavy atom. The summed E-state index contributed by atoms with van der Waals surface area (Å²) in [6, 6.07) is 0. The Bertz CT molecular complexity index is 515. The molecule has 1 rings (SSSR count). The quantitative estimate of drug-likeness (QED) is 0.916. The predicted molar refractivity (Wildman–Crippen MR) is 69.9 cm³/mol. The molecule has 0 atom stereocenters. The Labute approximate surface area is 112 Å². The Morgan fingerprint density at radius 3 is 1.95 bits per heavy atom. The highest BCUT2D eigenvalue weighted by atomic mass is 19.1. The van der Waals surface area contributed by atoms with E-state index in [1.807, 2.05) is 20.8 Å². The lowest BCUT2D eigenvalue weighted by Crippen LogP contribution is -2.19. The van der Waals surface area contributed by atoms with Crippen molar-refractivity contribution in [2.24, 2.45) is 0 Å². The van der Waals surface area contributed by atoms with E-state index in [0.29, 0.717) is 5.56 Å². The van der Waals surface area contributed by atoms with Crippen molar-refractivity contribution in [3.63, 3.8) is 0 Å². The van der Waals surface area contributed by atoms with E-state index in [9.17, 15) is 14.3 Å². The second-order valence-electron chi connectivity index (χ2n) is 5.31. The van der Waals surface area contributed by atoms with E-state index in [-0.39, 0.29) is 22.6 Å².